The van der Waals surface area contributed by atoms with Crippen LogP contribution in [0, 0.1) is 0 Å². The van der Waals surface area contributed by atoms with Crippen LogP contribution in [0.1, 0.15) is 54.3 Å². The molecule has 0 bridgehead atoms. The molecule has 270 valence electrons. The standard InChI is InChI=1S/C33H53N3O11Si/c1-33(2,3)48(4,5)47-24-23-46-22-21-45-20-19-44-18-17-43-16-15-42-14-13-41-12-11-34-26-8-6-7-25-29(26)32(40)36(31(25)39)27-9-10-28(37)35-30(27)38/h6-8,27,34H,9-24H2,1-5H3,(H,35,37,38). The van der Waals surface area contributed by atoms with Crippen LogP contribution in [0.5, 0.6) is 0 Å². The van der Waals surface area contributed by atoms with Crippen LogP contribution in [-0.4, -0.2) is 135 Å². The van der Waals surface area contributed by atoms with Crippen molar-refractivity contribution < 1.29 is 52.0 Å². The van der Waals surface area contributed by atoms with E-state index in [0.29, 0.717) is 98.1 Å². The third kappa shape index (κ3) is 12.3. The van der Waals surface area contributed by atoms with Gasteiger partial charge in [0.1, 0.15) is 6.04 Å². The van der Waals surface area contributed by atoms with Gasteiger partial charge < -0.3 is 38.2 Å². The Hall–Kier alpha value is -2.76. The van der Waals surface area contributed by atoms with E-state index in [1.807, 2.05) is 0 Å². The second kappa shape index (κ2) is 20.0. The predicted molar refractivity (Wildman–Crippen MR) is 180 cm³/mol. The fourth-order valence-corrected chi connectivity index (χ4v) is 5.72. The molecule has 48 heavy (non-hydrogen) atoms. The highest BCUT2D eigenvalue weighted by Gasteiger charge is 2.45. The monoisotopic (exact) mass is 695 g/mol. The van der Waals surface area contributed by atoms with Gasteiger partial charge in [-0.1, -0.05) is 26.8 Å². The van der Waals surface area contributed by atoms with Gasteiger partial charge in [-0.05, 0) is 36.7 Å². The maximum Gasteiger partial charge on any atom is 0.264 e. The summed E-state index contributed by atoms with van der Waals surface area (Å²) in [6.45, 7) is 17.7. The summed E-state index contributed by atoms with van der Waals surface area (Å²) in [6.07, 6.45) is 0.180. The smallest absolute Gasteiger partial charge is 0.264 e. The molecule has 14 nitrogen and oxygen atoms in total. The number of amides is 4. The maximum atomic E-state index is 13.1. The van der Waals surface area contributed by atoms with Crippen molar-refractivity contribution in [1.29, 1.82) is 0 Å². The van der Waals surface area contributed by atoms with Gasteiger partial charge in [0.05, 0.1) is 97.0 Å². The van der Waals surface area contributed by atoms with E-state index in [1.165, 1.54) is 0 Å². The minimum Gasteiger partial charge on any atom is -0.414 e. The van der Waals surface area contributed by atoms with Crippen LogP contribution in [0.25, 0.3) is 0 Å². The number of rotatable bonds is 24. The van der Waals surface area contributed by atoms with Gasteiger partial charge in [0, 0.05) is 18.7 Å². The number of fused-ring (bicyclic) bond motifs is 1. The van der Waals surface area contributed by atoms with E-state index >= 15 is 0 Å². The van der Waals surface area contributed by atoms with Crippen LogP contribution in [0.4, 0.5) is 5.69 Å². The quantitative estimate of drug-likeness (QED) is 0.0926. The molecular formula is C33H53N3O11Si. The molecule has 0 spiro atoms. The molecular weight excluding hydrogens is 642 g/mol. The molecule has 2 aliphatic rings. The van der Waals surface area contributed by atoms with Crippen molar-refractivity contribution >= 4 is 37.6 Å². The highest BCUT2D eigenvalue weighted by Crippen LogP contribution is 2.36. The molecule has 0 saturated carbocycles. The number of imide groups is 2. The number of carbonyl (C=O) groups excluding carboxylic acids is 4. The van der Waals surface area contributed by atoms with Crippen molar-refractivity contribution in [3.05, 3.63) is 29.3 Å². The second-order valence-electron chi connectivity index (χ2n) is 12.9. The molecule has 0 aromatic heterocycles. The van der Waals surface area contributed by atoms with Crippen molar-refractivity contribution in [1.82, 2.24) is 10.2 Å². The van der Waals surface area contributed by atoms with Gasteiger partial charge in [-0.15, -0.1) is 0 Å². The summed E-state index contributed by atoms with van der Waals surface area (Å²) < 4.78 is 39.3. The van der Waals surface area contributed by atoms with Crippen LogP contribution in [-0.2, 0) is 42.4 Å². The summed E-state index contributed by atoms with van der Waals surface area (Å²) in [4.78, 5) is 50.8. The molecule has 1 atom stereocenters. The highest BCUT2D eigenvalue weighted by molar-refractivity contribution is 6.74. The first-order valence-electron chi connectivity index (χ1n) is 16.6. The van der Waals surface area contributed by atoms with Crippen LogP contribution in [0.3, 0.4) is 0 Å². The molecule has 0 aliphatic carbocycles. The van der Waals surface area contributed by atoms with E-state index in [9.17, 15) is 19.2 Å². The first-order valence-corrected chi connectivity index (χ1v) is 19.5. The van der Waals surface area contributed by atoms with Crippen molar-refractivity contribution in [3.63, 3.8) is 0 Å². The third-order valence-corrected chi connectivity index (χ3v) is 12.9. The number of carbonyl (C=O) groups is 4. The van der Waals surface area contributed by atoms with Gasteiger partial charge in [-0.3, -0.25) is 29.4 Å². The zero-order valence-electron chi connectivity index (χ0n) is 29.1. The normalized spacial score (nSPS) is 16.9. The van der Waals surface area contributed by atoms with E-state index in [1.54, 1.807) is 18.2 Å². The van der Waals surface area contributed by atoms with E-state index < -0.39 is 38.0 Å². The van der Waals surface area contributed by atoms with Crippen LogP contribution in [0.15, 0.2) is 18.2 Å². The van der Waals surface area contributed by atoms with Crippen molar-refractivity contribution in [2.75, 3.05) is 97.8 Å². The summed E-state index contributed by atoms with van der Waals surface area (Å²) in [5, 5.41) is 5.53. The Balaban J connectivity index is 1.11. The van der Waals surface area contributed by atoms with Crippen molar-refractivity contribution in [2.24, 2.45) is 0 Å². The van der Waals surface area contributed by atoms with Gasteiger partial charge in [0.2, 0.25) is 11.8 Å². The van der Waals surface area contributed by atoms with Gasteiger partial charge in [-0.2, -0.15) is 0 Å². The zero-order chi connectivity index (χ0) is 35.0. The van der Waals surface area contributed by atoms with E-state index in [-0.39, 0.29) is 29.0 Å². The molecule has 2 N–H and O–H groups in total. The predicted octanol–water partition coefficient (Wildman–Crippen LogP) is 2.62. The molecule has 1 fully saturated rings. The Bertz CT molecular complexity index is 1210. The molecule has 1 saturated heterocycles. The number of anilines is 1. The Morgan fingerprint density at radius 1 is 0.750 bits per heavy atom. The largest absolute Gasteiger partial charge is 0.414 e. The van der Waals surface area contributed by atoms with E-state index in [0.717, 1.165) is 4.90 Å². The first-order chi connectivity index (χ1) is 22.9. The topological polar surface area (TPSA) is 160 Å². The summed E-state index contributed by atoms with van der Waals surface area (Å²) in [5.74, 6) is -2.15. The lowest BCUT2D eigenvalue weighted by Crippen LogP contribution is -2.54. The molecule has 0 radical (unpaired) electrons. The fourth-order valence-electron chi connectivity index (χ4n) is 4.69. The Labute approximate surface area is 284 Å². The average Bonchev–Trinajstić information content (AvgIpc) is 3.28. The minimum atomic E-state index is -1.72. The zero-order valence-corrected chi connectivity index (χ0v) is 30.1. The van der Waals surface area contributed by atoms with Crippen molar-refractivity contribution in [2.45, 2.75) is 57.8 Å². The van der Waals surface area contributed by atoms with Gasteiger partial charge in [0.15, 0.2) is 8.32 Å². The number of ether oxygens (including phenoxy) is 6. The molecule has 15 heteroatoms. The Morgan fingerprint density at radius 2 is 1.25 bits per heavy atom. The fraction of sp³-hybridized carbons (Fsp3) is 0.697. The Morgan fingerprint density at radius 3 is 1.75 bits per heavy atom. The van der Waals surface area contributed by atoms with Crippen molar-refractivity contribution in [3.8, 4) is 0 Å². The Kier molecular flexibility index (Phi) is 16.6. The average molecular weight is 696 g/mol. The lowest BCUT2D eigenvalue weighted by atomic mass is 10.0. The number of nitrogens with one attached hydrogen (secondary N) is 2. The number of hydrogen-bond acceptors (Lipinski definition) is 12. The van der Waals surface area contributed by atoms with Gasteiger partial charge in [0.25, 0.3) is 11.8 Å². The molecule has 4 amide bonds. The molecule has 2 heterocycles. The lowest BCUT2D eigenvalue weighted by molar-refractivity contribution is -0.136. The summed E-state index contributed by atoms with van der Waals surface area (Å²) in [6, 6.07) is 3.92. The highest BCUT2D eigenvalue weighted by atomic mass is 28.4. The minimum absolute atomic E-state index is 0.0708. The van der Waals surface area contributed by atoms with Gasteiger partial charge >= 0.3 is 0 Å². The molecule has 3 rings (SSSR count). The molecule has 2 aliphatic heterocycles. The van der Waals surface area contributed by atoms with E-state index in [4.69, 9.17) is 32.8 Å². The van der Waals surface area contributed by atoms with Crippen LogP contribution in [0.2, 0.25) is 18.1 Å². The lowest BCUT2D eigenvalue weighted by Gasteiger charge is -2.36. The maximum absolute atomic E-state index is 13.1. The summed E-state index contributed by atoms with van der Waals surface area (Å²) in [5.41, 5.74) is 0.926. The number of benzene rings is 1. The number of nitrogens with zero attached hydrogens (tertiary/aromatic N) is 1. The molecule has 1 unspecified atom stereocenters. The van der Waals surface area contributed by atoms with E-state index in [2.05, 4.69) is 44.5 Å². The number of hydrogen-bond donors (Lipinski definition) is 2. The second-order valence-corrected chi connectivity index (χ2v) is 17.7. The molecule has 1 aromatic rings. The first kappa shape index (κ1) is 39.7. The SMILES string of the molecule is CC(C)(C)[Si](C)(C)OCCOCCOCCOCCOCCOCCOCCNc1cccc2c1C(=O)N(C1CCC(=O)NC1=O)C2=O. The number of piperidine rings is 1. The molecule has 1 aromatic carbocycles. The van der Waals surface area contributed by atoms with Crippen LogP contribution < -0.4 is 10.6 Å². The summed E-state index contributed by atoms with van der Waals surface area (Å²) >= 11 is 0. The summed E-state index contributed by atoms with van der Waals surface area (Å²) in [7, 11) is -1.72. The third-order valence-electron chi connectivity index (χ3n) is 8.39. The van der Waals surface area contributed by atoms with Gasteiger partial charge in [-0.25, -0.2) is 0 Å². The van der Waals surface area contributed by atoms with Crippen LogP contribution >= 0.6 is 0 Å².